The number of benzene rings is 3. The van der Waals surface area contributed by atoms with Gasteiger partial charge in [0.1, 0.15) is 17.0 Å². The molecule has 4 heterocycles. The minimum absolute atomic E-state index is 0.149. The molecule has 36 heavy (non-hydrogen) atoms. The minimum atomic E-state index is -0.149. The normalized spacial score (nSPS) is 11.5. The zero-order chi connectivity index (χ0) is 25.0. The Morgan fingerprint density at radius 1 is 0.944 bits per heavy atom. The van der Waals surface area contributed by atoms with Crippen LogP contribution in [0.25, 0.3) is 43.8 Å². The second-order valence-corrected chi connectivity index (χ2v) is 8.98. The summed E-state index contributed by atoms with van der Waals surface area (Å²) >= 11 is 0. The number of furan rings is 2. The number of amides is 1. The third-order valence-corrected chi connectivity index (χ3v) is 6.76. The molecule has 7 nitrogen and oxygen atoms in total. The molecule has 7 heteroatoms. The Hall–Kier alpha value is -4.65. The van der Waals surface area contributed by atoms with E-state index in [1.54, 1.807) is 13.3 Å². The van der Waals surface area contributed by atoms with Gasteiger partial charge in [-0.1, -0.05) is 6.07 Å². The highest BCUT2D eigenvalue weighted by Gasteiger charge is 2.19. The first-order valence-corrected chi connectivity index (χ1v) is 11.7. The fraction of sp³-hybridized carbons (Fsp3) is 0.138. The number of nitrogens with one attached hydrogen (secondary N) is 1. The van der Waals surface area contributed by atoms with Crippen LogP contribution in [0.5, 0.6) is 5.88 Å². The lowest BCUT2D eigenvalue weighted by Crippen LogP contribution is -2.24. The van der Waals surface area contributed by atoms with E-state index in [2.05, 4.69) is 33.5 Å². The van der Waals surface area contributed by atoms with Crippen LogP contribution in [0.1, 0.15) is 27.2 Å². The van der Waals surface area contributed by atoms with E-state index in [0.717, 1.165) is 60.7 Å². The van der Waals surface area contributed by atoms with Gasteiger partial charge in [0.2, 0.25) is 5.88 Å². The zero-order valence-electron chi connectivity index (χ0n) is 20.2. The van der Waals surface area contributed by atoms with E-state index in [0.29, 0.717) is 23.8 Å². The van der Waals surface area contributed by atoms with Crippen molar-refractivity contribution >= 4 is 44.4 Å². The number of hydrogen-bond acceptors (Lipinski definition) is 6. The van der Waals surface area contributed by atoms with Gasteiger partial charge in [0.25, 0.3) is 5.91 Å². The number of carbonyl (C=O) groups is 1. The number of pyridine rings is 2. The van der Waals surface area contributed by atoms with Gasteiger partial charge >= 0.3 is 0 Å². The number of ether oxygens (including phenoxy) is 1. The third kappa shape index (κ3) is 3.48. The summed E-state index contributed by atoms with van der Waals surface area (Å²) < 4.78 is 11.4. The van der Waals surface area contributed by atoms with E-state index in [-0.39, 0.29) is 5.91 Å². The number of rotatable bonds is 5. The Bertz CT molecular complexity index is 1750. The summed E-state index contributed by atoms with van der Waals surface area (Å²) in [5.41, 5.74) is 12.9. The number of nitrogens with zero attached hydrogens (tertiary/aromatic N) is 2. The van der Waals surface area contributed by atoms with Gasteiger partial charge in [-0.25, -0.2) is 9.97 Å². The Morgan fingerprint density at radius 2 is 1.67 bits per heavy atom. The molecule has 1 amide bonds. The summed E-state index contributed by atoms with van der Waals surface area (Å²) in [5.74, 6) is 0.914. The molecule has 6 aromatic rings. The smallest absolute Gasteiger partial charge is 0.251 e. The van der Waals surface area contributed by atoms with Gasteiger partial charge < -0.3 is 20.2 Å². The van der Waals surface area contributed by atoms with Crippen molar-refractivity contribution in [1.82, 2.24) is 15.3 Å². The van der Waals surface area contributed by atoms with Crippen molar-refractivity contribution in [3.63, 3.8) is 0 Å². The summed E-state index contributed by atoms with van der Waals surface area (Å²) in [6.45, 7) is 4.26. The molecule has 2 bridgehead atoms. The van der Waals surface area contributed by atoms with Crippen LogP contribution >= 0.6 is 0 Å². The molecular weight excluding hydrogens is 452 g/mol. The summed E-state index contributed by atoms with van der Waals surface area (Å²) in [5, 5.41) is 7.02. The topological polar surface area (TPSA) is 103 Å². The van der Waals surface area contributed by atoms with Crippen LogP contribution in [-0.2, 0) is 6.54 Å². The highest BCUT2D eigenvalue weighted by molar-refractivity contribution is 6.26. The maximum atomic E-state index is 13.0. The predicted octanol–water partition coefficient (Wildman–Crippen LogP) is 5.77. The van der Waals surface area contributed by atoms with E-state index in [9.17, 15) is 4.79 Å². The van der Waals surface area contributed by atoms with E-state index < -0.39 is 0 Å². The molecule has 0 saturated heterocycles. The SMILES string of the molecule is COc1ccc(-c2ccc3c(c2)c2oc3c3cc(C(=O)NCc4c(C)cc(N)nc4C)ccc32)cn1. The largest absolute Gasteiger partial charge is 0.481 e. The molecule has 4 aromatic heterocycles. The van der Waals surface area contributed by atoms with Crippen LogP contribution in [0.3, 0.4) is 0 Å². The molecule has 0 fully saturated rings. The molecule has 0 unspecified atom stereocenters. The first-order chi connectivity index (χ1) is 17.4. The Morgan fingerprint density at radius 3 is 2.36 bits per heavy atom. The van der Waals surface area contributed by atoms with Gasteiger partial charge in [-0.3, -0.25) is 4.79 Å². The molecule has 3 N–H and O–H groups in total. The number of methoxy groups -OCH3 is 1. The van der Waals surface area contributed by atoms with Gasteiger partial charge in [0.15, 0.2) is 0 Å². The fourth-order valence-electron chi connectivity index (χ4n) is 4.89. The van der Waals surface area contributed by atoms with Crippen LogP contribution < -0.4 is 15.8 Å². The fourth-order valence-corrected chi connectivity index (χ4v) is 4.89. The van der Waals surface area contributed by atoms with E-state index >= 15 is 0 Å². The van der Waals surface area contributed by atoms with Gasteiger partial charge in [-0.2, -0.15) is 0 Å². The molecule has 178 valence electrons. The number of nitrogens with two attached hydrogens (primary N) is 1. The first kappa shape index (κ1) is 21.9. The van der Waals surface area contributed by atoms with Crippen molar-refractivity contribution in [2.75, 3.05) is 12.8 Å². The predicted molar refractivity (Wildman–Crippen MR) is 141 cm³/mol. The average Bonchev–Trinajstić information content (AvgIpc) is 3.45. The molecular formula is C29H24N4O3. The Balaban J connectivity index is 1.32. The molecule has 0 aliphatic carbocycles. The van der Waals surface area contributed by atoms with E-state index in [1.165, 1.54) is 0 Å². The van der Waals surface area contributed by atoms with Crippen LogP contribution in [0, 0.1) is 13.8 Å². The second kappa shape index (κ2) is 8.23. The standard InChI is InChI=1S/C29H24N4O3/c1-15-10-25(30)33-16(2)24(15)14-32-29(34)18-5-8-21-23(12-18)28-20-7-4-17(11-22(20)27(21)36-28)19-6-9-26(35-3)31-13-19/h4-13H,14H2,1-3H3,(H2,30,33)(H,32,34). The van der Waals surface area contributed by atoms with E-state index in [4.69, 9.17) is 14.9 Å². The van der Waals surface area contributed by atoms with E-state index in [1.807, 2.05) is 50.2 Å². The van der Waals surface area contributed by atoms with Crippen molar-refractivity contribution in [3.05, 3.63) is 83.2 Å². The molecule has 0 spiro atoms. The third-order valence-electron chi connectivity index (χ3n) is 6.76. The number of aryl methyl sites for hydroxylation is 2. The maximum Gasteiger partial charge on any atom is 0.251 e. The molecule has 2 aromatic carbocycles. The second-order valence-electron chi connectivity index (χ2n) is 8.98. The monoisotopic (exact) mass is 476 g/mol. The van der Waals surface area contributed by atoms with Crippen LogP contribution in [-0.4, -0.2) is 23.0 Å². The lowest BCUT2D eigenvalue weighted by atomic mass is 9.98. The van der Waals surface area contributed by atoms with Crippen molar-refractivity contribution < 1.29 is 13.9 Å². The Labute approximate surface area is 207 Å². The summed E-state index contributed by atoms with van der Waals surface area (Å²) in [4.78, 5) is 21.6. The van der Waals surface area contributed by atoms with Gasteiger partial charge in [0.05, 0.1) is 7.11 Å². The molecule has 0 saturated carbocycles. The van der Waals surface area contributed by atoms with Gasteiger partial charge in [0, 0.05) is 57.2 Å². The number of nitrogen functional groups attached to an aromatic ring is 1. The molecule has 0 aliphatic heterocycles. The minimum Gasteiger partial charge on any atom is -0.481 e. The number of carbonyl (C=O) groups excluding carboxylic acids is 1. The molecule has 0 atom stereocenters. The Kier molecular flexibility index (Phi) is 5.00. The highest BCUT2D eigenvalue weighted by atomic mass is 16.5. The molecule has 0 aliphatic rings. The van der Waals surface area contributed by atoms with Crippen molar-refractivity contribution in [2.45, 2.75) is 20.4 Å². The highest BCUT2D eigenvalue weighted by Crippen LogP contribution is 2.42. The van der Waals surface area contributed by atoms with Crippen molar-refractivity contribution in [3.8, 4) is 17.0 Å². The number of fused-ring (bicyclic) bond motifs is 8. The zero-order valence-corrected chi connectivity index (χ0v) is 20.2. The van der Waals surface area contributed by atoms with Crippen LogP contribution in [0.4, 0.5) is 5.82 Å². The van der Waals surface area contributed by atoms with Crippen LogP contribution in [0.15, 0.2) is 65.2 Å². The van der Waals surface area contributed by atoms with Gasteiger partial charge in [-0.15, -0.1) is 0 Å². The summed E-state index contributed by atoms with van der Waals surface area (Å²) in [7, 11) is 1.60. The van der Waals surface area contributed by atoms with Gasteiger partial charge in [-0.05, 0) is 73.0 Å². The average molecular weight is 477 g/mol. The number of aromatic nitrogens is 2. The lowest BCUT2D eigenvalue weighted by molar-refractivity contribution is 0.0951. The number of anilines is 1. The van der Waals surface area contributed by atoms with Crippen molar-refractivity contribution in [1.29, 1.82) is 0 Å². The molecule has 0 radical (unpaired) electrons. The summed E-state index contributed by atoms with van der Waals surface area (Å²) in [6.07, 6.45) is 1.80. The molecule has 6 rings (SSSR count). The van der Waals surface area contributed by atoms with Crippen molar-refractivity contribution in [2.24, 2.45) is 0 Å². The summed E-state index contributed by atoms with van der Waals surface area (Å²) in [6, 6.07) is 17.6. The lowest BCUT2D eigenvalue weighted by Gasteiger charge is -2.11. The number of hydrogen-bond donors (Lipinski definition) is 2. The van der Waals surface area contributed by atoms with Crippen LogP contribution in [0.2, 0.25) is 0 Å². The maximum absolute atomic E-state index is 13.0. The first-order valence-electron chi connectivity index (χ1n) is 11.7. The quantitative estimate of drug-likeness (QED) is 0.306.